The standard InChI is InChI=1S/C15H15O3/c1-15(2,3)18-14(17)11-8-10-6-4-5-7-12(10)13(16)9-11/h4-9H,1-3H3. The molecular weight excluding hydrogens is 228 g/mol. The van der Waals surface area contributed by atoms with Crippen LogP contribution in [0.2, 0.25) is 0 Å². The molecule has 0 saturated heterocycles. The van der Waals surface area contributed by atoms with Gasteiger partial charge in [-0.1, -0.05) is 24.3 Å². The molecule has 0 unspecified atom stereocenters. The van der Waals surface area contributed by atoms with Gasteiger partial charge in [0.1, 0.15) is 5.60 Å². The number of rotatable bonds is 1. The summed E-state index contributed by atoms with van der Waals surface area (Å²) in [6.45, 7) is 5.39. The Labute approximate surface area is 106 Å². The van der Waals surface area contributed by atoms with E-state index in [4.69, 9.17) is 4.74 Å². The quantitative estimate of drug-likeness (QED) is 0.712. The van der Waals surface area contributed by atoms with Gasteiger partial charge in [0.15, 0.2) is 5.75 Å². The lowest BCUT2D eigenvalue weighted by atomic mass is 10.1. The van der Waals surface area contributed by atoms with Crippen LogP contribution in [0.1, 0.15) is 31.1 Å². The van der Waals surface area contributed by atoms with Crippen molar-refractivity contribution in [2.24, 2.45) is 0 Å². The molecule has 2 aromatic carbocycles. The molecular formula is C15H15O3. The van der Waals surface area contributed by atoms with Crippen LogP contribution >= 0.6 is 0 Å². The molecule has 0 fully saturated rings. The van der Waals surface area contributed by atoms with E-state index in [1.165, 1.54) is 6.07 Å². The molecule has 2 aromatic rings. The Morgan fingerprint density at radius 3 is 2.44 bits per heavy atom. The molecule has 0 aliphatic carbocycles. The number of ether oxygens (including phenoxy) is 1. The summed E-state index contributed by atoms with van der Waals surface area (Å²) in [5.41, 5.74) is -0.264. The fraction of sp³-hybridized carbons (Fsp3) is 0.267. The summed E-state index contributed by atoms with van der Waals surface area (Å²) in [7, 11) is 0. The van der Waals surface area contributed by atoms with Crippen LogP contribution in [0, 0.1) is 0 Å². The van der Waals surface area contributed by atoms with Crippen molar-refractivity contribution in [3.63, 3.8) is 0 Å². The van der Waals surface area contributed by atoms with Gasteiger partial charge in [-0.15, -0.1) is 0 Å². The van der Waals surface area contributed by atoms with Crippen LogP contribution in [0.3, 0.4) is 0 Å². The first-order valence-corrected chi connectivity index (χ1v) is 5.80. The topological polar surface area (TPSA) is 46.2 Å². The van der Waals surface area contributed by atoms with Crippen molar-refractivity contribution >= 4 is 16.7 Å². The Kier molecular flexibility index (Phi) is 2.99. The van der Waals surface area contributed by atoms with Crippen LogP contribution in [0.25, 0.3) is 10.8 Å². The fourth-order valence-corrected chi connectivity index (χ4v) is 1.73. The summed E-state index contributed by atoms with van der Waals surface area (Å²) in [6.07, 6.45) is 0. The molecule has 3 heteroatoms. The van der Waals surface area contributed by atoms with Crippen LogP contribution in [0.4, 0.5) is 0 Å². The number of hydrogen-bond donors (Lipinski definition) is 0. The van der Waals surface area contributed by atoms with Crippen LogP contribution in [-0.4, -0.2) is 11.6 Å². The van der Waals surface area contributed by atoms with Gasteiger partial charge in [-0.05, 0) is 32.2 Å². The summed E-state index contributed by atoms with van der Waals surface area (Å²) in [4.78, 5) is 11.9. The first-order valence-electron chi connectivity index (χ1n) is 5.80. The van der Waals surface area contributed by atoms with E-state index >= 15 is 0 Å². The summed E-state index contributed by atoms with van der Waals surface area (Å²) in [6, 6.07) is 10.2. The number of carbonyl (C=O) groups is 1. The van der Waals surface area contributed by atoms with Gasteiger partial charge in [0.25, 0.3) is 0 Å². The minimum Gasteiger partial charge on any atom is -0.456 e. The molecule has 0 N–H and O–H groups in total. The minimum atomic E-state index is -0.564. The Hall–Kier alpha value is -2.03. The van der Waals surface area contributed by atoms with Gasteiger partial charge < -0.3 is 4.74 Å². The predicted molar refractivity (Wildman–Crippen MR) is 69.2 cm³/mol. The number of hydrogen-bond acceptors (Lipinski definition) is 2. The van der Waals surface area contributed by atoms with E-state index in [9.17, 15) is 9.90 Å². The lowest BCUT2D eigenvalue weighted by molar-refractivity contribution is 0.00691. The Morgan fingerprint density at radius 1 is 1.11 bits per heavy atom. The molecule has 2 rings (SSSR count). The first kappa shape index (κ1) is 12.4. The number of carbonyl (C=O) groups excluding carboxylic acids is 1. The highest BCUT2D eigenvalue weighted by Gasteiger charge is 2.19. The average molecular weight is 243 g/mol. The lowest BCUT2D eigenvalue weighted by Gasteiger charge is -2.19. The van der Waals surface area contributed by atoms with E-state index in [0.717, 1.165) is 5.39 Å². The fourth-order valence-electron chi connectivity index (χ4n) is 1.73. The van der Waals surface area contributed by atoms with Crippen molar-refractivity contribution in [3.05, 3.63) is 42.0 Å². The highest BCUT2D eigenvalue weighted by Crippen LogP contribution is 2.27. The summed E-state index contributed by atoms with van der Waals surface area (Å²) >= 11 is 0. The van der Waals surface area contributed by atoms with Gasteiger partial charge in [0.05, 0.1) is 5.56 Å². The SMILES string of the molecule is CC(C)(C)OC(=O)c1cc([O])c2ccccc2c1. The summed E-state index contributed by atoms with van der Waals surface area (Å²) in [5.74, 6) is -0.626. The minimum absolute atomic E-state index is 0.158. The Balaban J connectivity index is 2.44. The molecule has 93 valence electrons. The second-order valence-electron chi connectivity index (χ2n) is 5.20. The maximum absolute atomic E-state index is 11.9. The molecule has 0 atom stereocenters. The van der Waals surface area contributed by atoms with E-state index < -0.39 is 11.6 Å². The molecule has 0 bridgehead atoms. The normalized spacial score (nSPS) is 11.5. The van der Waals surface area contributed by atoms with Crippen LogP contribution < -0.4 is 0 Å². The molecule has 1 radical (unpaired) electrons. The third kappa shape index (κ3) is 2.62. The van der Waals surface area contributed by atoms with Gasteiger partial charge in [-0.3, -0.25) is 5.11 Å². The van der Waals surface area contributed by atoms with Crippen molar-refractivity contribution in [3.8, 4) is 5.75 Å². The largest absolute Gasteiger partial charge is 0.456 e. The van der Waals surface area contributed by atoms with Gasteiger partial charge in [0, 0.05) is 11.5 Å². The molecule has 0 aliphatic rings. The van der Waals surface area contributed by atoms with Gasteiger partial charge in [0.2, 0.25) is 0 Å². The van der Waals surface area contributed by atoms with Gasteiger partial charge in [-0.25, -0.2) is 4.79 Å². The van der Waals surface area contributed by atoms with Gasteiger partial charge in [-0.2, -0.15) is 0 Å². The Morgan fingerprint density at radius 2 is 1.78 bits per heavy atom. The third-order valence-electron chi connectivity index (χ3n) is 2.46. The molecule has 18 heavy (non-hydrogen) atoms. The number of esters is 1. The van der Waals surface area contributed by atoms with Crippen LogP contribution in [0.15, 0.2) is 36.4 Å². The highest BCUT2D eigenvalue weighted by atomic mass is 16.6. The molecule has 0 aliphatic heterocycles. The maximum atomic E-state index is 11.9. The molecule has 0 spiro atoms. The smallest absolute Gasteiger partial charge is 0.338 e. The van der Waals surface area contributed by atoms with E-state index in [1.54, 1.807) is 39.0 Å². The van der Waals surface area contributed by atoms with Crippen molar-refractivity contribution in [1.29, 1.82) is 0 Å². The first-order chi connectivity index (χ1) is 8.37. The zero-order valence-electron chi connectivity index (χ0n) is 10.7. The summed E-state index contributed by atoms with van der Waals surface area (Å²) in [5, 5.41) is 13.2. The van der Waals surface area contributed by atoms with E-state index in [1.807, 2.05) is 12.1 Å². The van der Waals surface area contributed by atoms with Crippen molar-refractivity contribution < 1.29 is 14.6 Å². The van der Waals surface area contributed by atoms with Crippen LogP contribution in [0.5, 0.6) is 5.75 Å². The second-order valence-corrected chi connectivity index (χ2v) is 5.20. The lowest BCUT2D eigenvalue weighted by Crippen LogP contribution is -2.23. The maximum Gasteiger partial charge on any atom is 0.338 e. The zero-order valence-corrected chi connectivity index (χ0v) is 10.7. The number of benzene rings is 2. The predicted octanol–water partition coefficient (Wildman–Crippen LogP) is 3.94. The highest BCUT2D eigenvalue weighted by molar-refractivity contribution is 5.98. The molecule has 0 heterocycles. The van der Waals surface area contributed by atoms with E-state index in [0.29, 0.717) is 10.9 Å². The second kappa shape index (κ2) is 4.33. The molecule has 0 amide bonds. The third-order valence-corrected chi connectivity index (χ3v) is 2.46. The van der Waals surface area contributed by atoms with E-state index in [2.05, 4.69) is 0 Å². The zero-order chi connectivity index (χ0) is 13.3. The Bertz CT molecular complexity index is 594. The molecule has 3 nitrogen and oxygen atoms in total. The number of fused-ring (bicyclic) bond motifs is 1. The molecule has 0 aromatic heterocycles. The van der Waals surface area contributed by atoms with Crippen LogP contribution in [-0.2, 0) is 9.84 Å². The molecule has 0 saturated carbocycles. The van der Waals surface area contributed by atoms with Crippen molar-refractivity contribution in [1.82, 2.24) is 0 Å². The van der Waals surface area contributed by atoms with E-state index in [-0.39, 0.29) is 5.75 Å². The average Bonchev–Trinajstić information content (AvgIpc) is 2.26. The summed E-state index contributed by atoms with van der Waals surface area (Å²) < 4.78 is 5.25. The van der Waals surface area contributed by atoms with Crippen molar-refractivity contribution in [2.45, 2.75) is 26.4 Å². The van der Waals surface area contributed by atoms with Crippen molar-refractivity contribution in [2.75, 3.05) is 0 Å². The van der Waals surface area contributed by atoms with Gasteiger partial charge >= 0.3 is 5.97 Å². The monoisotopic (exact) mass is 243 g/mol.